The van der Waals surface area contributed by atoms with Gasteiger partial charge in [-0.1, -0.05) is 53.8 Å². The molecule has 0 radical (unpaired) electrons. The summed E-state index contributed by atoms with van der Waals surface area (Å²) >= 11 is 0. The standard InChI is InChI=1S/C22H22N2O5/c1-2-27-17-13-16(14-9-5-3-6-10-14)19-18-20(29-24(19)28-17)22(26)23(21(18)25)15-11-7-4-8-12-15/h3-12,16-20H,2,13H2,1H3/t16-,17+,18+,19+,20-/m1/s1. The molecule has 0 spiro atoms. The number of fused-ring (bicyclic) bond motifs is 3. The van der Waals surface area contributed by atoms with Crippen molar-refractivity contribution >= 4 is 17.5 Å². The van der Waals surface area contributed by atoms with Crippen molar-refractivity contribution in [3.63, 3.8) is 0 Å². The maximum absolute atomic E-state index is 13.3. The van der Waals surface area contributed by atoms with Crippen LogP contribution in [0.5, 0.6) is 0 Å². The number of benzene rings is 2. The molecule has 2 amide bonds. The Hall–Kier alpha value is -2.58. The molecule has 7 heteroatoms. The summed E-state index contributed by atoms with van der Waals surface area (Å²) in [6.07, 6.45) is -0.798. The fourth-order valence-electron chi connectivity index (χ4n) is 4.56. The Balaban J connectivity index is 1.51. The number of hydroxylamine groups is 2. The molecule has 0 saturated carbocycles. The minimum absolute atomic E-state index is 0.0658. The monoisotopic (exact) mass is 394 g/mol. The second-order valence-corrected chi connectivity index (χ2v) is 7.42. The molecule has 3 aliphatic rings. The summed E-state index contributed by atoms with van der Waals surface area (Å²) in [5, 5.41) is 1.34. The quantitative estimate of drug-likeness (QED) is 0.743. The van der Waals surface area contributed by atoms with Crippen LogP contribution in [0, 0.1) is 5.92 Å². The van der Waals surface area contributed by atoms with Gasteiger partial charge < -0.3 is 4.74 Å². The number of ether oxygens (including phenoxy) is 1. The number of para-hydroxylation sites is 1. The fourth-order valence-corrected chi connectivity index (χ4v) is 4.56. The second kappa shape index (κ2) is 7.35. The molecule has 2 aromatic carbocycles. The van der Waals surface area contributed by atoms with Crippen molar-refractivity contribution in [3.05, 3.63) is 66.2 Å². The number of carbonyl (C=O) groups is 2. The molecule has 5 rings (SSSR count). The first-order valence-corrected chi connectivity index (χ1v) is 9.91. The number of imide groups is 1. The number of carbonyl (C=O) groups excluding carboxylic acids is 2. The minimum atomic E-state index is -0.890. The molecule has 3 saturated heterocycles. The van der Waals surface area contributed by atoms with Gasteiger partial charge in [-0.15, -0.1) is 0 Å². The molecule has 0 bridgehead atoms. The molecule has 0 N–H and O–H groups in total. The summed E-state index contributed by atoms with van der Waals surface area (Å²) in [6.45, 7) is 2.40. The van der Waals surface area contributed by atoms with Gasteiger partial charge in [0.15, 0.2) is 12.4 Å². The number of rotatable bonds is 4. The second-order valence-electron chi connectivity index (χ2n) is 7.42. The zero-order valence-corrected chi connectivity index (χ0v) is 16.0. The van der Waals surface area contributed by atoms with Gasteiger partial charge in [0, 0.05) is 18.9 Å². The molecule has 3 heterocycles. The van der Waals surface area contributed by atoms with Gasteiger partial charge in [-0.3, -0.25) is 14.4 Å². The van der Waals surface area contributed by atoms with Crippen molar-refractivity contribution < 1.29 is 24.0 Å². The Labute approximate surface area is 168 Å². The van der Waals surface area contributed by atoms with E-state index in [2.05, 4.69) is 0 Å². The van der Waals surface area contributed by atoms with Gasteiger partial charge in [0.1, 0.15) is 0 Å². The Morgan fingerprint density at radius 1 is 0.966 bits per heavy atom. The first-order valence-electron chi connectivity index (χ1n) is 9.91. The van der Waals surface area contributed by atoms with Gasteiger partial charge in [-0.25, -0.2) is 9.74 Å². The molecule has 0 aromatic heterocycles. The molecule has 3 aliphatic heterocycles. The summed E-state index contributed by atoms with van der Waals surface area (Å²) in [4.78, 5) is 39.4. The van der Waals surface area contributed by atoms with Gasteiger partial charge in [-0.05, 0) is 24.6 Å². The molecular weight excluding hydrogens is 372 g/mol. The van der Waals surface area contributed by atoms with Gasteiger partial charge in [0.25, 0.3) is 5.91 Å². The zero-order valence-electron chi connectivity index (χ0n) is 16.0. The summed E-state index contributed by atoms with van der Waals surface area (Å²) in [7, 11) is 0. The van der Waals surface area contributed by atoms with E-state index < -0.39 is 24.4 Å². The third-order valence-electron chi connectivity index (χ3n) is 5.80. The summed E-state index contributed by atoms with van der Waals surface area (Å²) in [5.41, 5.74) is 1.63. The molecule has 3 fully saturated rings. The number of hydrogen-bond acceptors (Lipinski definition) is 6. The van der Waals surface area contributed by atoms with E-state index in [1.807, 2.05) is 43.3 Å². The van der Waals surface area contributed by atoms with E-state index in [0.29, 0.717) is 18.7 Å². The van der Waals surface area contributed by atoms with Crippen LogP contribution in [0.1, 0.15) is 24.8 Å². The Morgan fingerprint density at radius 2 is 1.66 bits per heavy atom. The zero-order chi connectivity index (χ0) is 20.0. The van der Waals surface area contributed by atoms with Crippen LogP contribution in [0.15, 0.2) is 60.7 Å². The summed E-state index contributed by atoms with van der Waals surface area (Å²) in [5.74, 6) is -1.30. The molecule has 2 aromatic rings. The molecule has 7 nitrogen and oxygen atoms in total. The van der Waals surface area contributed by atoms with Crippen LogP contribution in [0.4, 0.5) is 5.69 Å². The molecule has 0 aliphatic carbocycles. The lowest BCUT2D eigenvalue weighted by molar-refractivity contribution is -0.435. The molecule has 5 atom stereocenters. The first-order chi connectivity index (χ1) is 14.2. The average Bonchev–Trinajstić information content (AvgIpc) is 3.24. The lowest BCUT2D eigenvalue weighted by Gasteiger charge is -2.40. The van der Waals surface area contributed by atoms with E-state index in [9.17, 15) is 9.59 Å². The van der Waals surface area contributed by atoms with Crippen molar-refractivity contribution in [2.24, 2.45) is 5.92 Å². The van der Waals surface area contributed by atoms with Crippen LogP contribution in [-0.4, -0.2) is 42.1 Å². The van der Waals surface area contributed by atoms with E-state index >= 15 is 0 Å². The normalized spacial score (nSPS) is 31.8. The minimum Gasteiger partial charge on any atom is -0.351 e. The number of anilines is 1. The molecule has 0 unspecified atom stereocenters. The van der Waals surface area contributed by atoms with Crippen molar-refractivity contribution in [3.8, 4) is 0 Å². The van der Waals surface area contributed by atoms with Crippen molar-refractivity contribution in [2.45, 2.75) is 37.7 Å². The Bertz CT molecular complexity index is 906. The fraction of sp³-hybridized carbons (Fsp3) is 0.364. The Kier molecular flexibility index (Phi) is 4.67. The lowest BCUT2D eigenvalue weighted by Crippen LogP contribution is -2.49. The van der Waals surface area contributed by atoms with Crippen LogP contribution in [-0.2, 0) is 24.0 Å². The highest BCUT2D eigenvalue weighted by Gasteiger charge is 2.63. The molecule has 150 valence electrons. The average molecular weight is 394 g/mol. The Morgan fingerprint density at radius 3 is 2.34 bits per heavy atom. The molecular formula is C22H22N2O5. The highest BCUT2D eigenvalue weighted by molar-refractivity contribution is 6.23. The maximum Gasteiger partial charge on any atom is 0.266 e. The largest absolute Gasteiger partial charge is 0.351 e. The van der Waals surface area contributed by atoms with Crippen LogP contribution in [0.3, 0.4) is 0 Å². The number of amides is 2. The van der Waals surface area contributed by atoms with Crippen LogP contribution in [0.25, 0.3) is 0 Å². The predicted octanol–water partition coefficient (Wildman–Crippen LogP) is 2.64. The summed E-state index contributed by atoms with van der Waals surface area (Å²) < 4.78 is 5.68. The van der Waals surface area contributed by atoms with E-state index in [1.165, 1.54) is 10.1 Å². The SMILES string of the molecule is CCO[C@@H]1C[C@H](c2ccccc2)[C@H]2[C@@H]3C(=O)N(c4ccccc4)C(=O)[C@@H]3ON2O1. The lowest BCUT2D eigenvalue weighted by atomic mass is 9.80. The van der Waals surface area contributed by atoms with E-state index in [0.717, 1.165) is 5.56 Å². The van der Waals surface area contributed by atoms with E-state index in [1.54, 1.807) is 24.3 Å². The third kappa shape index (κ3) is 2.98. The third-order valence-corrected chi connectivity index (χ3v) is 5.80. The van der Waals surface area contributed by atoms with Crippen molar-refractivity contribution in [2.75, 3.05) is 11.5 Å². The van der Waals surface area contributed by atoms with Crippen LogP contribution < -0.4 is 4.90 Å². The van der Waals surface area contributed by atoms with E-state index in [4.69, 9.17) is 14.4 Å². The number of hydrogen-bond donors (Lipinski definition) is 0. The topological polar surface area (TPSA) is 68.3 Å². The van der Waals surface area contributed by atoms with Gasteiger partial charge in [-0.2, -0.15) is 0 Å². The van der Waals surface area contributed by atoms with Gasteiger partial charge in [0.05, 0.1) is 17.6 Å². The molecule has 29 heavy (non-hydrogen) atoms. The predicted molar refractivity (Wildman–Crippen MR) is 103 cm³/mol. The van der Waals surface area contributed by atoms with Crippen molar-refractivity contribution in [1.29, 1.82) is 0 Å². The highest BCUT2D eigenvalue weighted by Crippen LogP contribution is 2.47. The van der Waals surface area contributed by atoms with Gasteiger partial charge >= 0.3 is 0 Å². The van der Waals surface area contributed by atoms with Gasteiger partial charge in [0.2, 0.25) is 5.91 Å². The smallest absolute Gasteiger partial charge is 0.266 e. The van der Waals surface area contributed by atoms with Crippen molar-refractivity contribution in [1.82, 2.24) is 5.23 Å². The first kappa shape index (κ1) is 18.4. The van der Waals surface area contributed by atoms with Crippen LogP contribution in [0.2, 0.25) is 0 Å². The van der Waals surface area contributed by atoms with Crippen LogP contribution >= 0.6 is 0 Å². The highest BCUT2D eigenvalue weighted by atomic mass is 17.0. The number of nitrogens with zero attached hydrogens (tertiary/aromatic N) is 2. The van der Waals surface area contributed by atoms with E-state index in [-0.39, 0.29) is 17.7 Å². The summed E-state index contributed by atoms with van der Waals surface area (Å²) in [6, 6.07) is 18.5. The maximum atomic E-state index is 13.3.